The van der Waals surface area contributed by atoms with Crippen LogP contribution in [-0.2, 0) is 27.1 Å². The minimum Gasteiger partial charge on any atom is -0.497 e. The number of amides is 1. The molecule has 1 atom stereocenters. The summed E-state index contributed by atoms with van der Waals surface area (Å²) in [7, 11) is 1.66. The average Bonchev–Trinajstić information content (AvgIpc) is 3.39. The Labute approximate surface area is 167 Å². The van der Waals surface area contributed by atoms with Gasteiger partial charge in [-0.25, -0.2) is 4.79 Å². The normalized spacial score (nSPS) is 17.5. The summed E-state index contributed by atoms with van der Waals surface area (Å²) in [6, 6.07) is 7.91. The largest absolute Gasteiger partial charge is 0.497 e. The molecule has 0 bridgehead atoms. The van der Waals surface area contributed by atoms with Gasteiger partial charge in [0.15, 0.2) is 6.61 Å². The second-order valence-electron chi connectivity index (χ2n) is 7.00. The molecule has 1 N–H and O–H groups in total. The number of methoxy groups -OCH3 is 1. The van der Waals surface area contributed by atoms with Gasteiger partial charge in [0, 0.05) is 18.0 Å². The first-order valence-electron chi connectivity index (χ1n) is 9.49. The Kier molecular flexibility index (Phi) is 5.64. The summed E-state index contributed by atoms with van der Waals surface area (Å²) in [5.74, 6) is 0.0803. The van der Waals surface area contributed by atoms with Crippen LogP contribution < -0.4 is 10.1 Å². The molecule has 2 aliphatic rings. The van der Waals surface area contributed by atoms with Crippen molar-refractivity contribution in [1.82, 2.24) is 5.32 Å². The van der Waals surface area contributed by atoms with Gasteiger partial charge in [-0.15, -0.1) is 11.3 Å². The van der Waals surface area contributed by atoms with Crippen LogP contribution in [0.4, 0.5) is 0 Å². The highest BCUT2D eigenvalue weighted by molar-refractivity contribution is 7.17. The van der Waals surface area contributed by atoms with E-state index in [1.165, 1.54) is 16.9 Å². The molecule has 1 aliphatic heterocycles. The molecule has 1 aromatic carbocycles. The van der Waals surface area contributed by atoms with E-state index in [4.69, 9.17) is 14.2 Å². The number of fused-ring (bicyclic) bond motifs is 3. The Hall–Kier alpha value is -2.38. The molecule has 4 rings (SSSR count). The summed E-state index contributed by atoms with van der Waals surface area (Å²) in [6.45, 7) is 0.931. The first kappa shape index (κ1) is 19.0. The Balaban J connectivity index is 1.37. The lowest BCUT2D eigenvalue weighted by molar-refractivity contribution is -0.124. The van der Waals surface area contributed by atoms with Crippen LogP contribution in [0.25, 0.3) is 10.4 Å². The number of hydrogen-bond donors (Lipinski definition) is 1. The number of thiophene rings is 1. The monoisotopic (exact) mass is 401 g/mol. The topological polar surface area (TPSA) is 73.9 Å². The molecule has 0 saturated carbocycles. The zero-order valence-corrected chi connectivity index (χ0v) is 16.6. The number of benzene rings is 1. The van der Waals surface area contributed by atoms with Gasteiger partial charge < -0.3 is 19.5 Å². The van der Waals surface area contributed by atoms with Crippen molar-refractivity contribution in [2.24, 2.45) is 0 Å². The first-order chi connectivity index (χ1) is 13.6. The molecule has 0 radical (unpaired) electrons. The predicted molar refractivity (Wildman–Crippen MR) is 106 cm³/mol. The lowest BCUT2D eigenvalue weighted by Gasteiger charge is -2.16. The number of carbonyl (C=O) groups is 2. The molecule has 1 aromatic heterocycles. The zero-order valence-electron chi connectivity index (χ0n) is 15.8. The maximum absolute atomic E-state index is 12.4. The van der Waals surface area contributed by atoms with Crippen molar-refractivity contribution in [3.63, 3.8) is 0 Å². The van der Waals surface area contributed by atoms with E-state index >= 15 is 0 Å². The number of carbonyl (C=O) groups excluding carboxylic acids is 2. The van der Waals surface area contributed by atoms with Crippen molar-refractivity contribution >= 4 is 23.2 Å². The molecule has 7 heteroatoms. The van der Waals surface area contributed by atoms with Gasteiger partial charge >= 0.3 is 5.97 Å². The van der Waals surface area contributed by atoms with E-state index in [2.05, 4.69) is 5.32 Å². The fraction of sp³-hybridized carbons (Fsp3) is 0.429. The maximum atomic E-state index is 12.4. The summed E-state index contributed by atoms with van der Waals surface area (Å²) in [5, 5.41) is 2.75. The number of nitrogens with one attached hydrogen (secondary N) is 1. The van der Waals surface area contributed by atoms with Crippen molar-refractivity contribution in [3.8, 4) is 16.2 Å². The predicted octanol–water partition coefficient (Wildman–Crippen LogP) is 2.97. The smallest absolute Gasteiger partial charge is 0.348 e. The van der Waals surface area contributed by atoms with E-state index in [-0.39, 0.29) is 18.6 Å². The maximum Gasteiger partial charge on any atom is 0.348 e. The summed E-state index contributed by atoms with van der Waals surface area (Å²) in [6.07, 6.45) is 3.84. The van der Waals surface area contributed by atoms with E-state index in [0.29, 0.717) is 11.4 Å². The molecule has 2 aromatic rings. The van der Waals surface area contributed by atoms with Crippen LogP contribution in [-0.4, -0.2) is 44.8 Å². The summed E-state index contributed by atoms with van der Waals surface area (Å²) in [4.78, 5) is 25.9. The van der Waals surface area contributed by atoms with E-state index in [0.717, 1.165) is 54.0 Å². The van der Waals surface area contributed by atoms with Gasteiger partial charge in [0.2, 0.25) is 0 Å². The molecule has 0 unspecified atom stereocenters. The highest BCUT2D eigenvalue weighted by atomic mass is 32.1. The molecule has 6 nitrogen and oxygen atoms in total. The standard InChI is InChI=1S/C21H23NO5S/c1-25-15-6-7-17-13(9-15)4-5-14-10-18(28-20(14)17)21(24)27-12-19(23)22-11-16-3-2-8-26-16/h6-7,9-10,16H,2-5,8,11-12H2,1H3,(H,22,23)/t16-/m0/s1. The number of ether oxygens (including phenoxy) is 3. The molecule has 1 fully saturated rings. The van der Waals surface area contributed by atoms with Crippen molar-refractivity contribution in [2.45, 2.75) is 31.8 Å². The Morgan fingerprint density at radius 1 is 1.25 bits per heavy atom. The van der Waals surface area contributed by atoms with Gasteiger partial charge in [-0.05, 0) is 66.6 Å². The van der Waals surface area contributed by atoms with Gasteiger partial charge in [0.05, 0.1) is 13.2 Å². The molecule has 148 valence electrons. The third-order valence-corrected chi connectivity index (χ3v) is 6.31. The molecule has 0 spiro atoms. The van der Waals surface area contributed by atoms with Gasteiger partial charge in [0.25, 0.3) is 5.91 Å². The number of rotatable bonds is 6. The molecule has 1 amide bonds. The van der Waals surface area contributed by atoms with Crippen LogP contribution in [0.5, 0.6) is 5.75 Å². The minimum atomic E-state index is -0.457. The summed E-state index contributed by atoms with van der Waals surface area (Å²) < 4.78 is 16.0. The van der Waals surface area contributed by atoms with Crippen LogP contribution in [0.15, 0.2) is 24.3 Å². The van der Waals surface area contributed by atoms with Crippen LogP contribution in [0, 0.1) is 0 Å². The highest BCUT2D eigenvalue weighted by Crippen LogP contribution is 2.40. The number of esters is 1. The molecule has 2 heterocycles. The second kappa shape index (κ2) is 8.32. The van der Waals surface area contributed by atoms with Gasteiger partial charge in [-0.2, -0.15) is 0 Å². The van der Waals surface area contributed by atoms with Crippen molar-refractivity contribution < 1.29 is 23.8 Å². The van der Waals surface area contributed by atoms with Crippen LogP contribution in [0.2, 0.25) is 0 Å². The van der Waals surface area contributed by atoms with Crippen molar-refractivity contribution in [3.05, 3.63) is 40.3 Å². The van der Waals surface area contributed by atoms with Crippen LogP contribution in [0.3, 0.4) is 0 Å². The highest BCUT2D eigenvalue weighted by Gasteiger charge is 2.23. The van der Waals surface area contributed by atoms with Crippen molar-refractivity contribution in [1.29, 1.82) is 0 Å². The van der Waals surface area contributed by atoms with E-state index in [1.807, 2.05) is 24.3 Å². The second-order valence-corrected chi connectivity index (χ2v) is 8.06. The Bertz CT molecular complexity index is 885. The molecular formula is C21H23NO5S. The lowest BCUT2D eigenvalue weighted by atomic mass is 9.91. The molecule has 1 saturated heterocycles. The van der Waals surface area contributed by atoms with Crippen LogP contribution >= 0.6 is 11.3 Å². The minimum absolute atomic E-state index is 0.0716. The molecule has 28 heavy (non-hydrogen) atoms. The third-order valence-electron chi connectivity index (χ3n) is 5.12. The van der Waals surface area contributed by atoms with Gasteiger partial charge in [-0.3, -0.25) is 4.79 Å². The quantitative estimate of drug-likeness (QED) is 0.754. The van der Waals surface area contributed by atoms with E-state index in [9.17, 15) is 9.59 Å². The van der Waals surface area contributed by atoms with E-state index in [1.54, 1.807) is 7.11 Å². The van der Waals surface area contributed by atoms with Gasteiger partial charge in [-0.1, -0.05) is 0 Å². The third kappa shape index (κ3) is 4.05. The fourth-order valence-corrected chi connectivity index (χ4v) is 4.79. The number of hydrogen-bond acceptors (Lipinski definition) is 6. The van der Waals surface area contributed by atoms with Crippen LogP contribution in [0.1, 0.15) is 33.6 Å². The molecular weight excluding hydrogens is 378 g/mol. The van der Waals surface area contributed by atoms with Gasteiger partial charge in [0.1, 0.15) is 10.6 Å². The first-order valence-corrected chi connectivity index (χ1v) is 10.3. The summed E-state index contributed by atoms with van der Waals surface area (Å²) in [5.41, 5.74) is 3.51. The fourth-order valence-electron chi connectivity index (χ4n) is 3.62. The van der Waals surface area contributed by atoms with E-state index < -0.39 is 5.97 Å². The number of aryl methyl sites for hydroxylation is 2. The summed E-state index contributed by atoms with van der Waals surface area (Å²) >= 11 is 1.42. The molecule has 1 aliphatic carbocycles. The Morgan fingerprint density at radius 3 is 2.89 bits per heavy atom. The van der Waals surface area contributed by atoms with Crippen molar-refractivity contribution in [2.75, 3.05) is 26.9 Å². The lowest BCUT2D eigenvalue weighted by Crippen LogP contribution is -2.34. The SMILES string of the molecule is COc1ccc2c(c1)CCc1cc(C(=O)OCC(=O)NC[C@@H]3CCCO3)sc1-2. The zero-order chi connectivity index (χ0) is 19.5. The Morgan fingerprint density at radius 2 is 2.11 bits per heavy atom. The average molecular weight is 401 g/mol.